The molecule has 5 heteroatoms. The molecule has 0 spiro atoms. The number of hydrogen-bond acceptors (Lipinski definition) is 3. The zero-order valence-electron chi connectivity index (χ0n) is 20.7. The second-order valence-corrected chi connectivity index (χ2v) is 9.65. The van der Waals surface area contributed by atoms with Gasteiger partial charge in [-0.3, -0.25) is 0 Å². The quantitative estimate of drug-likeness (QED) is 0.340. The van der Waals surface area contributed by atoms with Crippen molar-refractivity contribution in [1.29, 1.82) is 0 Å². The van der Waals surface area contributed by atoms with E-state index in [9.17, 15) is 14.3 Å². The van der Waals surface area contributed by atoms with Crippen molar-refractivity contribution < 1.29 is 19.0 Å². The Morgan fingerprint density at radius 2 is 1.97 bits per heavy atom. The molecule has 35 heavy (non-hydrogen) atoms. The summed E-state index contributed by atoms with van der Waals surface area (Å²) in [5.74, 6) is -0.205. The van der Waals surface area contributed by atoms with E-state index in [4.69, 9.17) is 4.74 Å². The lowest BCUT2D eigenvalue weighted by Gasteiger charge is -2.32. The average Bonchev–Trinajstić information content (AvgIpc) is 2.86. The van der Waals surface area contributed by atoms with Gasteiger partial charge in [-0.15, -0.1) is 0 Å². The van der Waals surface area contributed by atoms with E-state index >= 15 is 0 Å². The third-order valence-corrected chi connectivity index (χ3v) is 7.32. The molecule has 2 N–H and O–H groups in total. The molecule has 1 unspecified atom stereocenters. The Morgan fingerprint density at radius 1 is 1.17 bits per heavy atom. The van der Waals surface area contributed by atoms with Gasteiger partial charge in [-0.05, 0) is 98.0 Å². The van der Waals surface area contributed by atoms with E-state index < -0.39 is 5.97 Å². The zero-order chi connectivity index (χ0) is 24.9. The van der Waals surface area contributed by atoms with Gasteiger partial charge in [0.1, 0.15) is 0 Å². The highest BCUT2D eigenvalue weighted by Crippen LogP contribution is 2.41. The maximum atomic E-state index is 13.7. The van der Waals surface area contributed by atoms with E-state index in [0.29, 0.717) is 11.5 Å². The Balaban J connectivity index is 1.41. The Kier molecular flexibility index (Phi) is 7.86. The van der Waals surface area contributed by atoms with Crippen molar-refractivity contribution in [3.05, 3.63) is 99.9 Å². The number of nitrogens with one attached hydrogen (secondary N) is 1. The van der Waals surface area contributed by atoms with E-state index in [-0.39, 0.29) is 23.5 Å². The highest BCUT2D eigenvalue weighted by atomic mass is 19.1. The minimum Gasteiger partial charge on any atom is -0.494 e. The number of aryl methyl sites for hydroxylation is 1. The van der Waals surface area contributed by atoms with Crippen LogP contribution >= 0.6 is 0 Å². The topological polar surface area (TPSA) is 58.6 Å². The Labute approximate surface area is 207 Å². The number of aromatic carboxylic acids is 1. The summed E-state index contributed by atoms with van der Waals surface area (Å²) in [5.41, 5.74) is 5.95. The second-order valence-electron chi connectivity index (χ2n) is 9.65. The van der Waals surface area contributed by atoms with Gasteiger partial charge in [-0.1, -0.05) is 42.5 Å². The Bertz CT molecular complexity index is 1190. The smallest absolute Gasteiger partial charge is 0.335 e. The Morgan fingerprint density at radius 3 is 2.74 bits per heavy atom. The molecule has 3 aromatic rings. The minimum absolute atomic E-state index is 0.103. The van der Waals surface area contributed by atoms with Crippen LogP contribution in [0.2, 0.25) is 0 Å². The molecule has 4 rings (SSSR count). The fourth-order valence-electron chi connectivity index (χ4n) is 5.31. The van der Waals surface area contributed by atoms with E-state index in [1.54, 1.807) is 12.1 Å². The van der Waals surface area contributed by atoms with Crippen LogP contribution in [0.3, 0.4) is 0 Å². The van der Waals surface area contributed by atoms with E-state index in [0.717, 1.165) is 48.9 Å². The first-order valence-corrected chi connectivity index (χ1v) is 12.4. The summed E-state index contributed by atoms with van der Waals surface area (Å²) in [7, 11) is 1.48. The zero-order valence-corrected chi connectivity index (χ0v) is 20.7. The molecular weight excluding hydrogens is 441 g/mol. The van der Waals surface area contributed by atoms with Crippen molar-refractivity contribution in [2.24, 2.45) is 5.92 Å². The van der Waals surface area contributed by atoms with Crippen molar-refractivity contribution in [2.75, 3.05) is 13.7 Å². The molecule has 4 nitrogen and oxygen atoms in total. The van der Waals surface area contributed by atoms with Crippen LogP contribution in [-0.2, 0) is 6.42 Å². The van der Waals surface area contributed by atoms with Crippen molar-refractivity contribution in [3.8, 4) is 5.75 Å². The minimum atomic E-state index is -0.871. The number of methoxy groups -OCH3 is 1. The van der Waals surface area contributed by atoms with Crippen molar-refractivity contribution in [3.63, 3.8) is 0 Å². The maximum Gasteiger partial charge on any atom is 0.335 e. The molecule has 1 aliphatic rings. The van der Waals surface area contributed by atoms with Crippen LogP contribution in [0, 0.1) is 18.7 Å². The predicted octanol–water partition coefficient (Wildman–Crippen LogP) is 6.67. The lowest BCUT2D eigenvalue weighted by molar-refractivity contribution is 0.0696. The van der Waals surface area contributed by atoms with Gasteiger partial charge >= 0.3 is 5.97 Å². The maximum absolute atomic E-state index is 13.7. The number of carboxylic acid groups (broad SMARTS) is 1. The van der Waals surface area contributed by atoms with E-state index in [1.165, 1.54) is 24.3 Å². The summed E-state index contributed by atoms with van der Waals surface area (Å²) < 4.78 is 18.8. The number of carboxylic acids is 1. The van der Waals surface area contributed by atoms with Crippen molar-refractivity contribution >= 4 is 5.97 Å². The lowest BCUT2D eigenvalue weighted by Crippen LogP contribution is -2.23. The molecule has 0 heterocycles. The normalized spacial score (nSPS) is 18.1. The SMILES string of the molecule is COc1cc([C@@H](C)NCCC[C@@H]2Cc3ccccc3C(c3ccc(C)c(C(=O)O)c3)C2)ccc1F. The van der Waals surface area contributed by atoms with Crippen LogP contribution in [0.5, 0.6) is 5.75 Å². The number of hydrogen-bond donors (Lipinski definition) is 2. The van der Waals surface area contributed by atoms with Gasteiger partial charge in [0.05, 0.1) is 12.7 Å². The molecule has 0 amide bonds. The number of carbonyl (C=O) groups is 1. The summed E-state index contributed by atoms with van der Waals surface area (Å²) in [5, 5.41) is 13.2. The van der Waals surface area contributed by atoms with Crippen LogP contribution in [0.4, 0.5) is 4.39 Å². The van der Waals surface area contributed by atoms with Gasteiger partial charge in [0.15, 0.2) is 11.6 Å². The summed E-state index contributed by atoms with van der Waals surface area (Å²) in [6.07, 6.45) is 4.20. The summed E-state index contributed by atoms with van der Waals surface area (Å²) in [6.45, 7) is 4.80. The molecule has 0 radical (unpaired) electrons. The van der Waals surface area contributed by atoms with Crippen molar-refractivity contribution in [2.45, 2.75) is 51.5 Å². The average molecular weight is 476 g/mol. The third-order valence-electron chi connectivity index (χ3n) is 7.32. The van der Waals surface area contributed by atoms with Crippen LogP contribution in [0.15, 0.2) is 60.7 Å². The first-order chi connectivity index (χ1) is 16.9. The number of fused-ring (bicyclic) bond motifs is 1. The molecule has 0 saturated heterocycles. The van der Waals surface area contributed by atoms with Crippen LogP contribution in [-0.4, -0.2) is 24.7 Å². The van der Waals surface area contributed by atoms with E-state index in [1.807, 2.05) is 19.1 Å². The first-order valence-electron chi connectivity index (χ1n) is 12.4. The standard InChI is InChI=1S/C30H34FNO3/c1-19-10-11-24(17-26(19)30(33)34)27-16-21(15-23-8-4-5-9-25(23)27)7-6-14-32-20(2)22-12-13-28(31)29(18-22)35-3/h4-5,8-13,17-18,20-21,27,32H,6-7,14-16H2,1-3H3,(H,33,34)/t20-,21-,27?/m1/s1. The fraction of sp³-hybridized carbons (Fsp3) is 0.367. The van der Waals surface area contributed by atoms with Crippen molar-refractivity contribution in [1.82, 2.24) is 5.32 Å². The monoisotopic (exact) mass is 475 g/mol. The molecule has 184 valence electrons. The molecular formula is C30H34FNO3. The lowest BCUT2D eigenvalue weighted by atomic mass is 9.72. The highest BCUT2D eigenvalue weighted by molar-refractivity contribution is 5.89. The summed E-state index contributed by atoms with van der Waals surface area (Å²) >= 11 is 0. The third kappa shape index (κ3) is 5.73. The molecule has 3 aromatic carbocycles. The van der Waals surface area contributed by atoms with E-state index in [2.05, 4.69) is 42.6 Å². The molecule has 0 aliphatic heterocycles. The van der Waals surface area contributed by atoms with Gasteiger partial charge in [0.25, 0.3) is 0 Å². The fourth-order valence-corrected chi connectivity index (χ4v) is 5.31. The van der Waals surface area contributed by atoms with Crippen LogP contribution in [0.25, 0.3) is 0 Å². The largest absolute Gasteiger partial charge is 0.494 e. The number of benzene rings is 3. The Hall–Kier alpha value is -3.18. The summed E-state index contributed by atoms with van der Waals surface area (Å²) in [6, 6.07) is 19.6. The second kappa shape index (κ2) is 11.0. The molecule has 0 aromatic heterocycles. The molecule has 3 atom stereocenters. The van der Waals surface area contributed by atoms with Crippen LogP contribution < -0.4 is 10.1 Å². The first kappa shape index (κ1) is 24.9. The molecule has 0 saturated carbocycles. The number of ether oxygens (including phenoxy) is 1. The highest BCUT2D eigenvalue weighted by Gasteiger charge is 2.28. The predicted molar refractivity (Wildman–Crippen MR) is 137 cm³/mol. The number of rotatable bonds is 9. The van der Waals surface area contributed by atoms with Crippen LogP contribution in [0.1, 0.15) is 76.3 Å². The van der Waals surface area contributed by atoms with Gasteiger partial charge in [0.2, 0.25) is 0 Å². The molecule has 0 fully saturated rings. The van der Waals surface area contributed by atoms with Gasteiger partial charge in [-0.25, -0.2) is 9.18 Å². The molecule has 1 aliphatic carbocycles. The summed E-state index contributed by atoms with van der Waals surface area (Å²) in [4.78, 5) is 11.7. The van der Waals surface area contributed by atoms with Gasteiger partial charge in [0, 0.05) is 12.0 Å². The van der Waals surface area contributed by atoms with Gasteiger partial charge < -0.3 is 15.2 Å². The number of halogens is 1. The molecule has 0 bridgehead atoms. The van der Waals surface area contributed by atoms with Gasteiger partial charge in [-0.2, -0.15) is 0 Å².